The Morgan fingerprint density at radius 1 is 1.63 bits per heavy atom. The highest BCUT2D eigenvalue weighted by Crippen LogP contribution is 2.17. The Morgan fingerprint density at radius 2 is 2.26 bits per heavy atom. The molecule has 0 fully saturated rings. The molecular weight excluding hydrogens is 334 g/mol. The van der Waals surface area contributed by atoms with Crippen LogP contribution in [0.2, 0.25) is 0 Å². The lowest BCUT2D eigenvalue weighted by Crippen LogP contribution is -2.28. The molecule has 0 aromatic carbocycles. The molecule has 1 aromatic rings. The summed E-state index contributed by atoms with van der Waals surface area (Å²) < 4.78 is 23.7. The van der Waals surface area contributed by atoms with E-state index in [1.165, 1.54) is 6.20 Å². The molecule has 19 heavy (non-hydrogen) atoms. The summed E-state index contributed by atoms with van der Waals surface area (Å²) in [4.78, 5) is 11.8. The van der Waals surface area contributed by atoms with Gasteiger partial charge in [-0.2, -0.15) is 5.10 Å². The SMILES string of the molecule is C#CCn1ncc(NC(C)CS(C)(=O)=O)c(Br)c1=O. The zero-order valence-electron chi connectivity index (χ0n) is 10.6. The summed E-state index contributed by atoms with van der Waals surface area (Å²) in [6, 6.07) is -0.337. The molecule has 1 heterocycles. The van der Waals surface area contributed by atoms with E-state index >= 15 is 0 Å². The van der Waals surface area contributed by atoms with Gasteiger partial charge in [-0.1, -0.05) is 5.92 Å². The smallest absolute Gasteiger partial charge is 0.284 e. The molecule has 0 radical (unpaired) electrons. The number of terminal acetylenes is 1. The van der Waals surface area contributed by atoms with Crippen molar-refractivity contribution >= 4 is 31.5 Å². The van der Waals surface area contributed by atoms with E-state index in [0.29, 0.717) is 5.69 Å². The minimum Gasteiger partial charge on any atom is -0.379 e. The summed E-state index contributed by atoms with van der Waals surface area (Å²) in [5, 5.41) is 6.82. The molecule has 0 amide bonds. The number of nitrogens with zero attached hydrogens (tertiary/aromatic N) is 2. The van der Waals surface area contributed by atoms with Crippen LogP contribution in [0.25, 0.3) is 0 Å². The topological polar surface area (TPSA) is 81.1 Å². The van der Waals surface area contributed by atoms with Crippen molar-refractivity contribution in [2.24, 2.45) is 0 Å². The van der Waals surface area contributed by atoms with Gasteiger partial charge in [-0.3, -0.25) is 4.79 Å². The molecule has 0 bridgehead atoms. The number of aromatic nitrogens is 2. The van der Waals surface area contributed by atoms with Gasteiger partial charge >= 0.3 is 0 Å². The second kappa shape index (κ2) is 6.21. The molecule has 0 spiro atoms. The lowest BCUT2D eigenvalue weighted by molar-refractivity contribution is 0.597. The summed E-state index contributed by atoms with van der Waals surface area (Å²) in [6.45, 7) is 1.79. The first kappa shape index (κ1) is 15.7. The van der Waals surface area contributed by atoms with E-state index < -0.39 is 9.84 Å². The van der Waals surface area contributed by atoms with Crippen molar-refractivity contribution in [2.75, 3.05) is 17.3 Å². The second-order valence-electron chi connectivity index (χ2n) is 4.18. The van der Waals surface area contributed by atoms with Crippen molar-refractivity contribution in [3.63, 3.8) is 0 Å². The van der Waals surface area contributed by atoms with Gasteiger partial charge in [-0.25, -0.2) is 13.1 Å². The van der Waals surface area contributed by atoms with Crippen molar-refractivity contribution < 1.29 is 8.42 Å². The van der Waals surface area contributed by atoms with Crippen LogP contribution in [0.5, 0.6) is 0 Å². The maximum Gasteiger partial charge on any atom is 0.284 e. The first-order valence-electron chi connectivity index (χ1n) is 5.38. The minimum atomic E-state index is -3.09. The van der Waals surface area contributed by atoms with E-state index in [9.17, 15) is 13.2 Å². The van der Waals surface area contributed by atoms with Crippen LogP contribution in [0.1, 0.15) is 6.92 Å². The molecule has 0 aliphatic rings. The fourth-order valence-electron chi connectivity index (χ4n) is 1.53. The van der Waals surface area contributed by atoms with Crippen molar-refractivity contribution in [3.8, 4) is 12.3 Å². The van der Waals surface area contributed by atoms with E-state index in [4.69, 9.17) is 6.42 Å². The summed E-state index contributed by atoms with van der Waals surface area (Å²) in [5.74, 6) is 2.29. The van der Waals surface area contributed by atoms with E-state index in [0.717, 1.165) is 10.9 Å². The first-order chi connectivity index (χ1) is 8.74. The molecule has 0 aliphatic heterocycles. The minimum absolute atomic E-state index is 0.0348. The lowest BCUT2D eigenvalue weighted by Gasteiger charge is -2.15. The largest absolute Gasteiger partial charge is 0.379 e. The average Bonchev–Trinajstić information content (AvgIpc) is 2.26. The average molecular weight is 348 g/mol. The molecule has 6 nitrogen and oxygen atoms in total. The van der Waals surface area contributed by atoms with Gasteiger partial charge in [-0.15, -0.1) is 6.42 Å². The third kappa shape index (κ3) is 4.69. The number of hydrogen-bond donors (Lipinski definition) is 1. The standard InChI is InChI=1S/C11H14BrN3O3S/c1-4-5-15-11(16)10(12)9(6-13-15)14-8(2)7-19(3,17)18/h1,6,8,14H,5,7H2,2-3H3. The maximum absolute atomic E-state index is 11.8. The zero-order chi connectivity index (χ0) is 14.6. The Kier molecular flexibility index (Phi) is 5.14. The molecule has 1 N–H and O–H groups in total. The van der Waals surface area contributed by atoms with Crippen molar-refractivity contribution in [3.05, 3.63) is 21.0 Å². The van der Waals surface area contributed by atoms with Gasteiger partial charge in [-0.05, 0) is 22.9 Å². The molecule has 104 valence electrons. The summed E-state index contributed by atoms with van der Waals surface area (Å²) in [5.41, 5.74) is 0.0731. The van der Waals surface area contributed by atoms with Crippen LogP contribution in [0.4, 0.5) is 5.69 Å². The molecular formula is C11H14BrN3O3S. The van der Waals surface area contributed by atoms with Gasteiger partial charge < -0.3 is 5.32 Å². The Balaban J connectivity index is 2.95. The third-order valence-corrected chi connectivity index (χ3v) is 4.05. The molecule has 1 atom stereocenters. The Labute approximate surface area is 120 Å². The summed E-state index contributed by atoms with van der Waals surface area (Å²) >= 11 is 3.16. The van der Waals surface area contributed by atoms with Gasteiger partial charge in [0, 0.05) is 12.3 Å². The number of anilines is 1. The van der Waals surface area contributed by atoms with Crippen LogP contribution in [0.15, 0.2) is 15.5 Å². The summed E-state index contributed by atoms with van der Waals surface area (Å²) in [7, 11) is -3.09. The highest BCUT2D eigenvalue weighted by molar-refractivity contribution is 9.10. The molecule has 1 unspecified atom stereocenters. The van der Waals surface area contributed by atoms with Gasteiger partial charge in [0.05, 0.1) is 17.6 Å². The summed E-state index contributed by atoms with van der Waals surface area (Å²) in [6.07, 6.45) is 7.71. The molecule has 0 saturated heterocycles. The number of halogens is 1. The fraction of sp³-hybridized carbons (Fsp3) is 0.455. The van der Waals surface area contributed by atoms with Crippen molar-refractivity contribution in [1.82, 2.24) is 9.78 Å². The Morgan fingerprint density at radius 3 is 2.79 bits per heavy atom. The van der Waals surface area contributed by atoms with Crippen molar-refractivity contribution in [1.29, 1.82) is 0 Å². The maximum atomic E-state index is 11.8. The van der Waals surface area contributed by atoms with Crippen molar-refractivity contribution in [2.45, 2.75) is 19.5 Å². The Bertz CT molecular complexity index is 661. The van der Waals surface area contributed by atoms with Crippen LogP contribution in [-0.2, 0) is 16.4 Å². The van der Waals surface area contributed by atoms with Crippen LogP contribution in [0, 0.1) is 12.3 Å². The molecule has 0 saturated carbocycles. The monoisotopic (exact) mass is 347 g/mol. The molecule has 1 aromatic heterocycles. The zero-order valence-corrected chi connectivity index (χ0v) is 13.0. The Hall–Kier alpha value is -1.33. The number of nitrogens with one attached hydrogen (secondary N) is 1. The quantitative estimate of drug-likeness (QED) is 0.783. The normalized spacial score (nSPS) is 12.7. The van der Waals surface area contributed by atoms with E-state index in [1.807, 2.05) is 0 Å². The van der Waals surface area contributed by atoms with Crippen LogP contribution in [-0.4, -0.2) is 36.2 Å². The third-order valence-electron chi connectivity index (χ3n) is 2.18. The predicted molar refractivity (Wildman–Crippen MR) is 77.8 cm³/mol. The fourth-order valence-corrected chi connectivity index (χ4v) is 2.94. The number of sulfone groups is 1. The molecule has 1 rings (SSSR count). The van der Waals surface area contributed by atoms with Gasteiger partial charge in [0.15, 0.2) is 0 Å². The van der Waals surface area contributed by atoms with E-state index in [-0.39, 0.29) is 28.4 Å². The van der Waals surface area contributed by atoms with Gasteiger partial charge in [0.1, 0.15) is 20.9 Å². The molecule has 0 aliphatic carbocycles. The number of hydrogen-bond acceptors (Lipinski definition) is 5. The van der Waals surface area contributed by atoms with Gasteiger partial charge in [0.2, 0.25) is 0 Å². The van der Waals surface area contributed by atoms with Crippen LogP contribution >= 0.6 is 15.9 Å². The number of rotatable bonds is 5. The first-order valence-corrected chi connectivity index (χ1v) is 8.23. The van der Waals surface area contributed by atoms with E-state index in [1.54, 1.807) is 6.92 Å². The van der Waals surface area contributed by atoms with Crippen LogP contribution < -0.4 is 10.9 Å². The van der Waals surface area contributed by atoms with E-state index in [2.05, 4.69) is 32.3 Å². The lowest BCUT2D eigenvalue weighted by atomic mass is 10.3. The van der Waals surface area contributed by atoms with Gasteiger partial charge in [0.25, 0.3) is 5.56 Å². The highest BCUT2D eigenvalue weighted by Gasteiger charge is 2.14. The predicted octanol–water partition coefficient (Wildman–Crippen LogP) is 0.484. The van der Waals surface area contributed by atoms with Crippen LogP contribution in [0.3, 0.4) is 0 Å². The molecule has 8 heteroatoms. The highest BCUT2D eigenvalue weighted by atomic mass is 79.9. The second-order valence-corrected chi connectivity index (χ2v) is 7.15.